The lowest BCUT2D eigenvalue weighted by Gasteiger charge is -2.56. The van der Waals surface area contributed by atoms with Crippen molar-refractivity contribution in [2.24, 2.45) is 5.41 Å². The van der Waals surface area contributed by atoms with Gasteiger partial charge in [0.1, 0.15) is 11.2 Å². The molecule has 1 aliphatic carbocycles. The van der Waals surface area contributed by atoms with E-state index in [2.05, 4.69) is 67.1 Å². The minimum atomic E-state index is -1.18. The van der Waals surface area contributed by atoms with E-state index in [4.69, 9.17) is 4.52 Å². The largest absolute Gasteiger partial charge is 0.380 e. The molecule has 0 radical (unpaired) electrons. The minimum absolute atomic E-state index is 0.279. The van der Waals surface area contributed by atoms with E-state index in [0.29, 0.717) is 24.6 Å². The van der Waals surface area contributed by atoms with Crippen LogP contribution in [0.3, 0.4) is 0 Å². The second kappa shape index (κ2) is 7.76. The Morgan fingerprint density at radius 3 is 2.33 bits per heavy atom. The van der Waals surface area contributed by atoms with E-state index < -0.39 is 11.2 Å². The van der Waals surface area contributed by atoms with E-state index >= 15 is 0 Å². The van der Waals surface area contributed by atoms with Crippen LogP contribution in [0.1, 0.15) is 68.5 Å². The van der Waals surface area contributed by atoms with Crippen molar-refractivity contribution in [2.75, 3.05) is 20.1 Å². The van der Waals surface area contributed by atoms with Gasteiger partial charge in [0.25, 0.3) is 5.89 Å². The average molecular weight is 448 g/mol. The number of nitrogens with zero attached hydrogens (tertiary/aromatic N) is 3. The maximum absolute atomic E-state index is 12.4. The Hall–Kier alpha value is -2.54. The Labute approximate surface area is 195 Å². The number of rotatable bonds is 6. The lowest BCUT2D eigenvalue weighted by molar-refractivity contribution is -0.127. The van der Waals surface area contributed by atoms with Gasteiger partial charge in [0.15, 0.2) is 0 Å². The van der Waals surface area contributed by atoms with Crippen molar-refractivity contribution in [3.05, 3.63) is 71.1 Å². The number of hydrogen-bond donors (Lipinski definition) is 2. The summed E-state index contributed by atoms with van der Waals surface area (Å²) in [5.74, 6) is 1.14. The molecule has 0 spiro atoms. The van der Waals surface area contributed by atoms with Crippen molar-refractivity contribution < 1.29 is 14.7 Å². The van der Waals surface area contributed by atoms with E-state index in [0.717, 1.165) is 36.2 Å². The molecular weight excluding hydrogens is 414 g/mol. The van der Waals surface area contributed by atoms with Gasteiger partial charge in [-0.1, -0.05) is 68.4 Å². The summed E-state index contributed by atoms with van der Waals surface area (Å²) in [4.78, 5) is 6.72. The van der Waals surface area contributed by atoms with Crippen molar-refractivity contribution in [3.8, 4) is 11.4 Å². The Morgan fingerprint density at radius 1 is 1.06 bits per heavy atom. The predicted molar refractivity (Wildman–Crippen MR) is 127 cm³/mol. The van der Waals surface area contributed by atoms with Crippen molar-refractivity contribution >= 4 is 0 Å². The van der Waals surface area contributed by atoms with E-state index in [1.807, 2.05) is 24.3 Å². The summed E-state index contributed by atoms with van der Waals surface area (Å²) >= 11 is 0. The fourth-order valence-corrected chi connectivity index (χ4v) is 5.49. The minimum Gasteiger partial charge on any atom is -0.380 e. The van der Waals surface area contributed by atoms with E-state index in [9.17, 15) is 10.2 Å². The average Bonchev–Trinajstić information content (AvgIpc) is 3.27. The quantitative estimate of drug-likeness (QED) is 0.582. The first-order chi connectivity index (χ1) is 15.6. The van der Waals surface area contributed by atoms with Crippen LogP contribution in [0.5, 0.6) is 0 Å². The van der Waals surface area contributed by atoms with Gasteiger partial charge in [-0.05, 0) is 55.0 Å². The monoisotopic (exact) mass is 447 g/mol. The third kappa shape index (κ3) is 3.52. The van der Waals surface area contributed by atoms with Crippen LogP contribution in [0, 0.1) is 5.41 Å². The molecule has 0 unspecified atom stereocenters. The van der Waals surface area contributed by atoms with Gasteiger partial charge in [-0.25, -0.2) is 0 Å². The van der Waals surface area contributed by atoms with Crippen LogP contribution in [0.2, 0.25) is 0 Å². The molecule has 6 nitrogen and oxygen atoms in total. The third-order valence-corrected chi connectivity index (χ3v) is 7.65. The molecule has 6 heteroatoms. The number of likely N-dealkylation sites (tertiary alicyclic amines) is 1. The van der Waals surface area contributed by atoms with E-state index in [1.54, 1.807) is 0 Å². The van der Waals surface area contributed by atoms with E-state index in [-0.39, 0.29) is 11.3 Å². The fraction of sp³-hybridized carbons (Fsp3) is 0.481. The van der Waals surface area contributed by atoms with Gasteiger partial charge >= 0.3 is 0 Å². The SMILES string of the molecule is CC(C)c1ccc([C@](O)(c2cccc(-c3noc(C4(O)CCC4)n3)c2)C2(C)CN(C)C2)cc1. The normalized spacial score (nSPS) is 21.3. The molecule has 174 valence electrons. The van der Waals surface area contributed by atoms with Crippen LogP contribution < -0.4 is 0 Å². The lowest BCUT2D eigenvalue weighted by atomic mass is 9.62. The number of benzene rings is 2. The summed E-state index contributed by atoms with van der Waals surface area (Å²) in [7, 11) is 2.08. The highest BCUT2D eigenvalue weighted by Crippen LogP contribution is 2.50. The lowest BCUT2D eigenvalue weighted by Crippen LogP contribution is -2.63. The molecule has 1 saturated heterocycles. The molecule has 1 aliphatic heterocycles. The number of aliphatic hydroxyl groups is 2. The molecule has 5 rings (SSSR count). The standard InChI is InChI=1S/C27H33N3O3/c1-18(2)19-9-11-21(12-10-19)27(32,25(3)16-30(4)17-25)22-8-5-7-20(15-22)23-28-24(33-29-23)26(31)13-6-14-26/h5,7-12,15,18,31-32H,6,13-14,16-17H2,1-4H3/t27-/m0/s1. The number of aromatic nitrogens is 2. The Balaban J connectivity index is 1.56. The smallest absolute Gasteiger partial charge is 0.258 e. The van der Waals surface area contributed by atoms with Crippen molar-refractivity contribution in [3.63, 3.8) is 0 Å². The van der Waals surface area contributed by atoms with Crippen LogP contribution in [0.4, 0.5) is 0 Å². The van der Waals surface area contributed by atoms with Crippen LogP contribution in [-0.2, 0) is 11.2 Å². The molecule has 2 aromatic carbocycles. The summed E-state index contributed by atoms with van der Waals surface area (Å²) in [6.07, 6.45) is 2.25. The molecule has 1 aromatic heterocycles. The molecule has 1 atom stereocenters. The first kappa shape index (κ1) is 22.3. The zero-order valence-corrected chi connectivity index (χ0v) is 19.9. The molecular formula is C27H33N3O3. The van der Waals surface area contributed by atoms with Crippen LogP contribution >= 0.6 is 0 Å². The van der Waals surface area contributed by atoms with Gasteiger partial charge in [-0.2, -0.15) is 4.98 Å². The van der Waals surface area contributed by atoms with Crippen molar-refractivity contribution in [2.45, 2.75) is 57.2 Å². The second-order valence-electron chi connectivity index (χ2n) is 10.6. The maximum Gasteiger partial charge on any atom is 0.258 e. The molecule has 0 amide bonds. The molecule has 2 fully saturated rings. The van der Waals surface area contributed by atoms with Gasteiger partial charge in [0.2, 0.25) is 5.82 Å². The maximum atomic E-state index is 12.4. The van der Waals surface area contributed by atoms with Gasteiger partial charge in [-0.3, -0.25) is 0 Å². The molecule has 2 N–H and O–H groups in total. The molecule has 3 aromatic rings. The van der Waals surface area contributed by atoms with Crippen molar-refractivity contribution in [1.82, 2.24) is 15.0 Å². The summed E-state index contributed by atoms with van der Waals surface area (Å²) in [5.41, 5.74) is 1.19. The highest BCUT2D eigenvalue weighted by molar-refractivity contribution is 5.58. The third-order valence-electron chi connectivity index (χ3n) is 7.65. The molecule has 2 aliphatic rings. The van der Waals surface area contributed by atoms with E-state index in [1.165, 1.54) is 5.56 Å². The zero-order valence-electron chi connectivity index (χ0n) is 19.9. The van der Waals surface area contributed by atoms with Crippen LogP contribution in [0.25, 0.3) is 11.4 Å². The fourth-order valence-electron chi connectivity index (χ4n) is 5.49. The van der Waals surface area contributed by atoms with Crippen LogP contribution in [-0.4, -0.2) is 45.4 Å². The van der Waals surface area contributed by atoms with Crippen molar-refractivity contribution in [1.29, 1.82) is 0 Å². The first-order valence-electron chi connectivity index (χ1n) is 11.8. The first-order valence-corrected chi connectivity index (χ1v) is 11.8. The zero-order chi connectivity index (χ0) is 23.4. The summed E-state index contributed by atoms with van der Waals surface area (Å²) in [5, 5.41) is 27.1. The molecule has 2 heterocycles. The second-order valence-corrected chi connectivity index (χ2v) is 10.6. The molecule has 0 bridgehead atoms. The topological polar surface area (TPSA) is 82.6 Å². The highest BCUT2D eigenvalue weighted by Gasteiger charge is 2.55. The summed E-state index contributed by atoms with van der Waals surface area (Å²) in [6, 6.07) is 16.1. The van der Waals surface area contributed by atoms with Crippen LogP contribution in [0.15, 0.2) is 53.1 Å². The molecule has 1 saturated carbocycles. The molecule has 33 heavy (non-hydrogen) atoms. The Kier molecular flexibility index (Phi) is 5.23. The van der Waals surface area contributed by atoms with Gasteiger partial charge in [0, 0.05) is 24.1 Å². The Bertz CT molecular complexity index is 1140. The Morgan fingerprint density at radius 2 is 1.76 bits per heavy atom. The summed E-state index contributed by atoms with van der Waals surface area (Å²) < 4.78 is 5.41. The van der Waals surface area contributed by atoms with Gasteiger partial charge in [0.05, 0.1) is 0 Å². The summed E-state index contributed by atoms with van der Waals surface area (Å²) in [6.45, 7) is 8.07. The number of hydrogen-bond acceptors (Lipinski definition) is 6. The predicted octanol–water partition coefficient (Wildman–Crippen LogP) is 4.42. The highest BCUT2D eigenvalue weighted by atomic mass is 16.5. The van der Waals surface area contributed by atoms with Gasteiger partial charge < -0.3 is 19.6 Å². The van der Waals surface area contributed by atoms with Gasteiger partial charge in [-0.15, -0.1) is 0 Å².